The quantitative estimate of drug-likeness (QED) is 0.233. The highest BCUT2D eigenvalue weighted by Crippen LogP contribution is 2.10. The molecule has 2 rings (SSSR count). The SMILES string of the molecule is CNCCOC[C@H](NC(=O)[C@@H](NC(=O)c1cc(C)on1)[C@@H](C)O)C(=O)NCc1ccc(C)cc1F.Cl. The summed E-state index contributed by atoms with van der Waals surface area (Å²) in [5.41, 5.74) is 0.959. The molecule has 0 bridgehead atoms. The van der Waals surface area contributed by atoms with E-state index in [1.54, 1.807) is 33.0 Å². The number of carbonyl (C=O) groups is 3. The van der Waals surface area contributed by atoms with Crippen molar-refractivity contribution in [3.63, 3.8) is 0 Å². The molecule has 0 saturated heterocycles. The first-order valence-corrected chi connectivity index (χ1v) is 11.1. The van der Waals surface area contributed by atoms with E-state index in [0.717, 1.165) is 5.56 Å². The second-order valence-electron chi connectivity index (χ2n) is 8.07. The van der Waals surface area contributed by atoms with E-state index in [1.807, 2.05) is 0 Å². The highest BCUT2D eigenvalue weighted by Gasteiger charge is 2.31. The summed E-state index contributed by atoms with van der Waals surface area (Å²) in [6.45, 7) is 5.17. The molecular weight excluding hydrogens is 497 g/mol. The van der Waals surface area contributed by atoms with Gasteiger partial charge in [0.25, 0.3) is 5.91 Å². The van der Waals surface area contributed by atoms with Crippen LogP contribution in [0, 0.1) is 19.7 Å². The van der Waals surface area contributed by atoms with Gasteiger partial charge in [0, 0.05) is 24.7 Å². The van der Waals surface area contributed by atoms with Crippen molar-refractivity contribution < 1.29 is 33.1 Å². The van der Waals surface area contributed by atoms with Gasteiger partial charge in [-0.3, -0.25) is 14.4 Å². The Morgan fingerprint density at radius 2 is 1.89 bits per heavy atom. The van der Waals surface area contributed by atoms with E-state index >= 15 is 0 Å². The predicted octanol–water partition coefficient (Wildman–Crippen LogP) is 0.369. The molecule has 0 radical (unpaired) electrons. The number of hydrogen-bond acceptors (Lipinski definition) is 8. The standard InChI is InChI=1S/C23H32FN5O6.ClH/c1-13-5-6-16(17(24)9-13)11-26-21(31)19(12-34-8-7-25-4)27-23(33)20(15(3)30)28-22(32)18-10-14(2)35-29-18;/h5-6,9-10,15,19-20,25,30H,7-8,11-12H2,1-4H3,(H,26,31)(H,27,33)(H,28,32);1H/t15-,19+,20+;/m1./s1. The lowest BCUT2D eigenvalue weighted by Crippen LogP contribution is -2.58. The van der Waals surface area contributed by atoms with Gasteiger partial charge in [0.1, 0.15) is 23.7 Å². The Labute approximate surface area is 214 Å². The number of carbonyl (C=O) groups excluding carboxylic acids is 3. The van der Waals surface area contributed by atoms with Gasteiger partial charge in [0.15, 0.2) is 5.69 Å². The smallest absolute Gasteiger partial charge is 0.274 e. The molecule has 13 heteroatoms. The zero-order valence-electron chi connectivity index (χ0n) is 20.6. The number of nitrogens with one attached hydrogen (secondary N) is 4. The topological polar surface area (TPSA) is 155 Å². The molecule has 0 fully saturated rings. The molecule has 2 aromatic rings. The van der Waals surface area contributed by atoms with Crippen LogP contribution >= 0.6 is 12.4 Å². The molecule has 36 heavy (non-hydrogen) atoms. The van der Waals surface area contributed by atoms with Crippen molar-refractivity contribution in [1.29, 1.82) is 0 Å². The molecule has 0 aliphatic heterocycles. The molecule has 0 aliphatic carbocycles. The van der Waals surface area contributed by atoms with E-state index in [0.29, 0.717) is 12.3 Å². The molecule has 3 atom stereocenters. The highest BCUT2D eigenvalue weighted by atomic mass is 35.5. The van der Waals surface area contributed by atoms with Gasteiger partial charge in [-0.1, -0.05) is 17.3 Å². The van der Waals surface area contributed by atoms with E-state index in [2.05, 4.69) is 26.4 Å². The third-order valence-electron chi connectivity index (χ3n) is 4.99. The van der Waals surface area contributed by atoms with Crippen LogP contribution in [-0.2, 0) is 20.9 Å². The highest BCUT2D eigenvalue weighted by molar-refractivity contribution is 5.97. The number of nitrogens with zero attached hydrogens (tertiary/aromatic N) is 1. The van der Waals surface area contributed by atoms with E-state index in [1.165, 1.54) is 19.1 Å². The van der Waals surface area contributed by atoms with E-state index in [-0.39, 0.29) is 43.4 Å². The average molecular weight is 530 g/mol. The Balaban J connectivity index is 0.00000648. The van der Waals surface area contributed by atoms with Gasteiger partial charge in [-0.15, -0.1) is 12.4 Å². The molecular formula is C23H33ClFN5O6. The third kappa shape index (κ3) is 9.53. The number of aliphatic hydroxyl groups excluding tert-OH is 1. The van der Waals surface area contributed by atoms with Crippen molar-refractivity contribution in [2.75, 3.05) is 26.8 Å². The number of halogens is 2. The van der Waals surface area contributed by atoms with Gasteiger partial charge in [-0.25, -0.2) is 4.39 Å². The summed E-state index contributed by atoms with van der Waals surface area (Å²) in [5.74, 6) is -2.23. The van der Waals surface area contributed by atoms with Crippen LogP contribution in [0.15, 0.2) is 28.8 Å². The minimum Gasteiger partial charge on any atom is -0.391 e. The van der Waals surface area contributed by atoms with Crippen LogP contribution in [0.25, 0.3) is 0 Å². The minimum atomic E-state index is -1.39. The van der Waals surface area contributed by atoms with Gasteiger partial charge < -0.3 is 35.6 Å². The Morgan fingerprint density at radius 1 is 1.17 bits per heavy atom. The maximum atomic E-state index is 14.1. The normalized spacial score (nSPS) is 13.2. The average Bonchev–Trinajstić information content (AvgIpc) is 3.24. The Kier molecular flexibility index (Phi) is 13.0. The number of aryl methyl sites for hydroxylation is 2. The maximum Gasteiger partial charge on any atom is 0.274 e. The molecule has 3 amide bonds. The van der Waals surface area contributed by atoms with Crippen LogP contribution < -0.4 is 21.3 Å². The molecule has 1 aromatic carbocycles. The molecule has 200 valence electrons. The van der Waals surface area contributed by atoms with Crippen molar-refractivity contribution >= 4 is 30.1 Å². The fraction of sp³-hybridized carbons (Fsp3) is 0.478. The second kappa shape index (κ2) is 15.1. The van der Waals surface area contributed by atoms with Crippen LogP contribution in [0.1, 0.15) is 34.3 Å². The van der Waals surface area contributed by atoms with Crippen molar-refractivity contribution in [2.45, 2.75) is 45.5 Å². The number of aromatic nitrogens is 1. The Morgan fingerprint density at radius 3 is 2.47 bits per heavy atom. The van der Waals surface area contributed by atoms with Gasteiger partial charge >= 0.3 is 0 Å². The number of amides is 3. The molecule has 0 aliphatic rings. The van der Waals surface area contributed by atoms with Gasteiger partial charge in [0.05, 0.1) is 19.3 Å². The molecule has 0 saturated carbocycles. The first kappa shape index (κ1) is 31.0. The number of benzene rings is 1. The van der Waals surface area contributed by atoms with E-state index < -0.39 is 41.7 Å². The summed E-state index contributed by atoms with van der Waals surface area (Å²) < 4.78 is 24.4. The molecule has 0 unspecified atom stereocenters. The lowest BCUT2D eigenvalue weighted by atomic mass is 10.1. The zero-order valence-corrected chi connectivity index (χ0v) is 21.4. The monoisotopic (exact) mass is 529 g/mol. The summed E-state index contributed by atoms with van der Waals surface area (Å²) in [4.78, 5) is 38.1. The molecule has 1 heterocycles. The third-order valence-corrected chi connectivity index (χ3v) is 4.99. The largest absolute Gasteiger partial charge is 0.391 e. The van der Waals surface area contributed by atoms with Gasteiger partial charge in [-0.2, -0.15) is 0 Å². The van der Waals surface area contributed by atoms with Crippen LogP contribution in [0.5, 0.6) is 0 Å². The van der Waals surface area contributed by atoms with E-state index in [4.69, 9.17) is 9.26 Å². The maximum absolute atomic E-state index is 14.1. The molecule has 11 nitrogen and oxygen atoms in total. The Bertz CT molecular complexity index is 1020. The van der Waals surface area contributed by atoms with E-state index in [9.17, 15) is 23.9 Å². The van der Waals surface area contributed by atoms with Crippen LogP contribution in [0.3, 0.4) is 0 Å². The van der Waals surface area contributed by atoms with Gasteiger partial charge in [0.2, 0.25) is 11.8 Å². The summed E-state index contributed by atoms with van der Waals surface area (Å²) >= 11 is 0. The van der Waals surface area contributed by atoms with Crippen molar-refractivity contribution in [1.82, 2.24) is 26.4 Å². The summed E-state index contributed by atoms with van der Waals surface area (Å²) in [6.07, 6.45) is -1.29. The van der Waals surface area contributed by atoms with Crippen molar-refractivity contribution in [2.24, 2.45) is 0 Å². The summed E-state index contributed by atoms with van der Waals surface area (Å²) in [7, 11) is 1.73. The first-order valence-electron chi connectivity index (χ1n) is 11.1. The fourth-order valence-corrected chi connectivity index (χ4v) is 3.01. The zero-order chi connectivity index (χ0) is 26.0. The van der Waals surface area contributed by atoms with Crippen LogP contribution in [0.4, 0.5) is 4.39 Å². The van der Waals surface area contributed by atoms with Crippen LogP contribution in [0.2, 0.25) is 0 Å². The van der Waals surface area contributed by atoms with Gasteiger partial charge in [-0.05, 0) is 39.4 Å². The Hall–Kier alpha value is -3.06. The predicted molar refractivity (Wildman–Crippen MR) is 131 cm³/mol. The lowest BCUT2D eigenvalue weighted by Gasteiger charge is -2.24. The number of rotatable bonds is 13. The molecule has 0 spiro atoms. The molecule has 5 N–H and O–H groups in total. The number of aliphatic hydroxyl groups is 1. The fourth-order valence-electron chi connectivity index (χ4n) is 3.01. The summed E-state index contributed by atoms with van der Waals surface area (Å²) in [5, 5.41) is 24.0. The number of likely N-dealkylation sites (N-methyl/N-ethyl adjacent to an activating group) is 1. The minimum absolute atomic E-state index is 0. The second-order valence-corrected chi connectivity index (χ2v) is 8.07. The van der Waals surface area contributed by atoms with Crippen LogP contribution in [-0.4, -0.2) is 73.0 Å². The first-order chi connectivity index (χ1) is 16.6. The number of hydrogen-bond donors (Lipinski definition) is 5. The van der Waals surface area contributed by atoms with Crippen molar-refractivity contribution in [3.8, 4) is 0 Å². The lowest BCUT2D eigenvalue weighted by molar-refractivity contribution is -0.132. The summed E-state index contributed by atoms with van der Waals surface area (Å²) in [6, 6.07) is 3.46. The van der Waals surface area contributed by atoms with Crippen molar-refractivity contribution in [3.05, 3.63) is 52.7 Å². The number of ether oxygens (including phenoxy) is 1. The molecule has 1 aromatic heterocycles.